The van der Waals surface area contributed by atoms with Crippen LogP contribution in [0.5, 0.6) is 0 Å². The number of carbonyl (C=O) groups excluding carboxylic acids is 3. The third-order valence-corrected chi connectivity index (χ3v) is 4.61. The number of hydroxylamine groups is 2. The normalized spacial score (nSPS) is 13.3. The van der Waals surface area contributed by atoms with E-state index < -0.39 is 17.8 Å². The molecule has 6 heteroatoms. The number of fused-ring (bicyclic) bond motifs is 1. The first-order chi connectivity index (χ1) is 11.1. The van der Waals surface area contributed by atoms with Gasteiger partial charge in [-0.25, -0.2) is 4.79 Å². The highest BCUT2D eigenvalue weighted by Gasteiger charge is 2.38. The molecule has 0 atom stereocenters. The van der Waals surface area contributed by atoms with Crippen LogP contribution in [0.4, 0.5) is 0 Å². The Kier molecular flexibility index (Phi) is 4.25. The molecule has 118 valence electrons. The van der Waals surface area contributed by atoms with E-state index in [0.717, 1.165) is 6.42 Å². The second-order valence-electron chi connectivity index (χ2n) is 5.28. The molecule has 0 aliphatic carbocycles. The number of thiophene rings is 1. The first kappa shape index (κ1) is 15.4. The summed E-state index contributed by atoms with van der Waals surface area (Å²) < 4.78 is 0. The second kappa shape index (κ2) is 6.34. The molecule has 2 heterocycles. The first-order valence-corrected chi connectivity index (χ1v) is 8.12. The molecule has 1 aliphatic heterocycles. The van der Waals surface area contributed by atoms with Gasteiger partial charge < -0.3 is 4.84 Å². The molecule has 0 spiro atoms. The molecule has 1 aromatic carbocycles. The summed E-state index contributed by atoms with van der Waals surface area (Å²) in [5.74, 6) is -1.76. The monoisotopic (exact) mass is 329 g/mol. The van der Waals surface area contributed by atoms with Crippen molar-refractivity contribution in [2.24, 2.45) is 0 Å². The largest absolute Gasteiger partial charge is 0.333 e. The Morgan fingerprint density at radius 1 is 1.09 bits per heavy atom. The molecule has 0 unspecified atom stereocenters. The summed E-state index contributed by atoms with van der Waals surface area (Å²) in [6, 6.07) is 10.5. The average Bonchev–Trinajstić information content (AvgIpc) is 3.05. The Bertz CT molecular complexity index is 745. The molecule has 1 aliphatic rings. The summed E-state index contributed by atoms with van der Waals surface area (Å²) in [6.45, 7) is 2.03. The minimum atomic E-state index is -0.590. The maximum atomic E-state index is 12.1. The van der Waals surface area contributed by atoms with Gasteiger partial charge in [-0.2, -0.15) is 0 Å². The third kappa shape index (κ3) is 3.17. The maximum Gasteiger partial charge on any atom is 0.333 e. The SMILES string of the molecule is Cc1ccc(CCCC(=O)ON2C(=O)c3ccccc3C2=O)s1. The van der Waals surface area contributed by atoms with Gasteiger partial charge >= 0.3 is 5.97 Å². The Hall–Kier alpha value is -2.47. The number of nitrogens with zero attached hydrogens (tertiary/aromatic N) is 1. The highest BCUT2D eigenvalue weighted by Crippen LogP contribution is 2.23. The Morgan fingerprint density at radius 3 is 2.30 bits per heavy atom. The number of aryl methyl sites for hydroxylation is 2. The van der Waals surface area contributed by atoms with Crippen LogP contribution < -0.4 is 0 Å². The van der Waals surface area contributed by atoms with Crippen molar-refractivity contribution in [3.8, 4) is 0 Å². The highest BCUT2D eigenvalue weighted by atomic mass is 32.1. The zero-order valence-electron chi connectivity index (χ0n) is 12.6. The fourth-order valence-electron chi connectivity index (χ4n) is 2.42. The molecular formula is C17H15NO4S. The van der Waals surface area contributed by atoms with E-state index in [9.17, 15) is 14.4 Å². The van der Waals surface area contributed by atoms with Gasteiger partial charge in [-0.3, -0.25) is 9.59 Å². The molecule has 0 radical (unpaired) electrons. The van der Waals surface area contributed by atoms with Crippen molar-refractivity contribution >= 4 is 29.1 Å². The number of imide groups is 1. The highest BCUT2D eigenvalue weighted by molar-refractivity contribution is 7.11. The minimum absolute atomic E-state index is 0.157. The first-order valence-electron chi connectivity index (χ1n) is 7.30. The van der Waals surface area contributed by atoms with Crippen LogP contribution in [0.25, 0.3) is 0 Å². The number of amides is 2. The molecule has 2 aromatic rings. The van der Waals surface area contributed by atoms with Crippen LogP contribution in [0.3, 0.4) is 0 Å². The van der Waals surface area contributed by atoms with Crippen molar-refractivity contribution in [3.63, 3.8) is 0 Å². The maximum absolute atomic E-state index is 12.1. The molecule has 1 aromatic heterocycles. The summed E-state index contributed by atoms with van der Waals surface area (Å²) in [5, 5.41) is 0.558. The van der Waals surface area contributed by atoms with Crippen LogP contribution >= 0.6 is 11.3 Å². The van der Waals surface area contributed by atoms with Crippen LogP contribution in [0.1, 0.15) is 43.3 Å². The predicted molar refractivity (Wildman–Crippen MR) is 85.0 cm³/mol. The average molecular weight is 329 g/mol. The van der Waals surface area contributed by atoms with E-state index in [1.54, 1.807) is 35.6 Å². The van der Waals surface area contributed by atoms with E-state index in [1.807, 2.05) is 19.1 Å². The third-order valence-electron chi connectivity index (χ3n) is 3.55. The smallest absolute Gasteiger partial charge is 0.330 e. The minimum Gasteiger partial charge on any atom is -0.330 e. The van der Waals surface area contributed by atoms with Gasteiger partial charge in [-0.05, 0) is 44.0 Å². The van der Waals surface area contributed by atoms with Crippen molar-refractivity contribution < 1.29 is 19.2 Å². The van der Waals surface area contributed by atoms with E-state index >= 15 is 0 Å². The van der Waals surface area contributed by atoms with Crippen LogP contribution in [-0.2, 0) is 16.1 Å². The molecular weight excluding hydrogens is 314 g/mol. The lowest BCUT2D eigenvalue weighted by Crippen LogP contribution is -2.32. The van der Waals surface area contributed by atoms with E-state index in [2.05, 4.69) is 0 Å². The molecule has 3 rings (SSSR count). The Labute approximate surface area is 137 Å². The number of hydrogen-bond acceptors (Lipinski definition) is 5. The Morgan fingerprint density at radius 2 is 1.74 bits per heavy atom. The van der Waals surface area contributed by atoms with Crippen LogP contribution in [-0.4, -0.2) is 22.8 Å². The van der Waals surface area contributed by atoms with Crippen molar-refractivity contribution in [1.29, 1.82) is 0 Å². The summed E-state index contributed by atoms with van der Waals surface area (Å²) in [5.41, 5.74) is 0.527. The second-order valence-corrected chi connectivity index (χ2v) is 6.65. The quantitative estimate of drug-likeness (QED) is 0.791. The fraction of sp³-hybridized carbons (Fsp3) is 0.235. The number of hydrogen-bond donors (Lipinski definition) is 0. The molecule has 0 saturated carbocycles. The van der Waals surface area contributed by atoms with Gasteiger partial charge in [0.25, 0.3) is 11.8 Å². The molecule has 0 bridgehead atoms. The lowest BCUT2D eigenvalue weighted by atomic mass is 10.1. The number of benzene rings is 1. The van der Waals surface area contributed by atoms with Crippen LogP contribution in [0.2, 0.25) is 0 Å². The van der Waals surface area contributed by atoms with Gasteiger partial charge in [0.2, 0.25) is 0 Å². The van der Waals surface area contributed by atoms with E-state index in [0.29, 0.717) is 11.5 Å². The molecule has 0 fully saturated rings. The van der Waals surface area contributed by atoms with Crippen molar-refractivity contribution in [3.05, 3.63) is 57.3 Å². The zero-order chi connectivity index (χ0) is 16.4. The van der Waals surface area contributed by atoms with Gasteiger partial charge in [0.1, 0.15) is 0 Å². The predicted octanol–water partition coefficient (Wildman–Crippen LogP) is 3.13. The van der Waals surface area contributed by atoms with Gasteiger partial charge in [0.15, 0.2) is 0 Å². The lowest BCUT2D eigenvalue weighted by molar-refractivity contribution is -0.168. The van der Waals surface area contributed by atoms with E-state index in [1.165, 1.54) is 9.75 Å². The van der Waals surface area contributed by atoms with Gasteiger partial charge in [-0.15, -0.1) is 11.3 Å². The number of carbonyl (C=O) groups is 3. The van der Waals surface area contributed by atoms with E-state index in [-0.39, 0.29) is 17.5 Å². The van der Waals surface area contributed by atoms with Gasteiger partial charge in [0.05, 0.1) is 11.1 Å². The van der Waals surface area contributed by atoms with Crippen LogP contribution in [0, 0.1) is 6.92 Å². The molecule has 5 nitrogen and oxygen atoms in total. The molecule has 0 N–H and O–H groups in total. The summed E-state index contributed by atoms with van der Waals surface area (Å²) in [7, 11) is 0. The molecule has 0 saturated heterocycles. The van der Waals surface area contributed by atoms with Crippen molar-refractivity contribution in [2.75, 3.05) is 0 Å². The summed E-state index contributed by atoms with van der Waals surface area (Å²) in [4.78, 5) is 43.4. The zero-order valence-corrected chi connectivity index (χ0v) is 13.4. The fourth-order valence-corrected chi connectivity index (χ4v) is 3.36. The standard InChI is InChI=1S/C17H15NO4S/c1-11-9-10-12(23-11)5-4-8-15(19)22-18-16(20)13-6-2-3-7-14(13)17(18)21/h2-3,6-7,9-10H,4-5,8H2,1H3. The van der Waals surface area contributed by atoms with Crippen molar-refractivity contribution in [1.82, 2.24) is 5.06 Å². The molecule has 23 heavy (non-hydrogen) atoms. The molecule has 2 amide bonds. The summed E-state index contributed by atoms with van der Waals surface area (Å²) in [6.07, 6.45) is 1.54. The van der Waals surface area contributed by atoms with E-state index in [4.69, 9.17) is 4.84 Å². The lowest BCUT2D eigenvalue weighted by Gasteiger charge is -2.12. The Balaban J connectivity index is 1.54. The van der Waals surface area contributed by atoms with Crippen LogP contribution in [0.15, 0.2) is 36.4 Å². The van der Waals surface area contributed by atoms with Crippen molar-refractivity contribution in [2.45, 2.75) is 26.2 Å². The van der Waals surface area contributed by atoms with Gasteiger partial charge in [0, 0.05) is 16.2 Å². The topological polar surface area (TPSA) is 63.7 Å². The van der Waals surface area contributed by atoms with Gasteiger partial charge in [-0.1, -0.05) is 17.2 Å². The summed E-state index contributed by atoms with van der Waals surface area (Å²) >= 11 is 1.69. The number of rotatable bonds is 5.